The number of nitrogens with zero attached hydrogens (tertiary/aromatic N) is 3. The Balaban J connectivity index is 1.73. The standard InChI is InChI=1S/C20H19FN4O/c21-16-8-4-5-9-17(16)22-20-23-18(15-6-2-1-3-7-15)14-19(24-20)25-10-12-26-13-11-25/h1-9,14H,10-13H2,(H,22,23,24). The molecule has 0 radical (unpaired) electrons. The van der Waals surface area contributed by atoms with E-state index < -0.39 is 0 Å². The molecule has 1 aromatic heterocycles. The molecule has 0 unspecified atom stereocenters. The maximum absolute atomic E-state index is 14.0. The fourth-order valence-corrected chi connectivity index (χ4v) is 2.88. The van der Waals surface area contributed by atoms with E-state index in [2.05, 4.69) is 20.2 Å². The van der Waals surface area contributed by atoms with Gasteiger partial charge in [0.15, 0.2) is 0 Å². The molecule has 6 heteroatoms. The zero-order chi connectivity index (χ0) is 17.8. The summed E-state index contributed by atoms with van der Waals surface area (Å²) in [7, 11) is 0. The summed E-state index contributed by atoms with van der Waals surface area (Å²) >= 11 is 0. The van der Waals surface area contributed by atoms with Crippen LogP contribution in [0.25, 0.3) is 11.3 Å². The molecule has 1 fully saturated rings. The van der Waals surface area contributed by atoms with Gasteiger partial charge in [-0.2, -0.15) is 4.98 Å². The molecule has 5 nitrogen and oxygen atoms in total. The predicted molar refractivity (Wildman–Crippen MR) is 100 cm³/mol. The number of rotatable bonds is 4. The predicted octanol–water partition coefficient (Wildman–Crippen LogP) is 3.86. The first kappa shape index (κ1) is 16.5. The molecule has 0 spiro atoms. The van der Waals surface area contributed by atoms with Gasteiger partial charge in [-0.3, -0.25) is 0 Å². The van der Waals surface area contributed by atoms with Crippen LogP contribution in [0, 0.1) is 5.82 Å². The van der Waals surface area contributed by atoms with Crippen LogP contribution in [-0.2, 0) is 4.74 Å². The molecule has 2 aromatic carbocycles. The number of hydrogen-bond donors (Lipinski definition) is 1. The van der Waals surface area contributed by atoms with Crippen LogP contribution in [0.1, 0.15) is 0 Å². The van der Waals surface area contributed by atoms with Gasteiger partial charge in [0.05, 0.1) is 24.6 Å². The fraction of sp³-hybridized carbons (Fsp3) is 0.200. The number of anilines is 3. The number of benzene rings is 2. The van der Waals surface area contributed by atoms with Crippen LogP contribution >= 0.6 is 0 Å². The zero-order valence-electron chi connectivity index (χ0n) is 14.2. The van der Waals surface area contributed by atoms with E-state index in [9.17, 15) is 4.39 Å². The molecule has 3 aromatic rings. The smallest absolute Gasteiger partial charge is 0.229 e. The van der Waals surface area contributed by atoms with Crippen LogP contribution in [0.15, 0.2) is 60.7 Å². The van der Waals surface area contributed by atoms with Crippen molar-refractivity contribution in [2.24, 2.45) is 0 Å². The molecule has 4 rings (SSSR count). The molecular weight excluding hydrogens is 331 g/mol. The number of aromatic nitrogens is 2. The van der Waals surface area contributed by atoms with Gasteiger partial charge in [-0.15, -0.1) is 0 Å². The average molecular weight is 350 g/mol. The summed E-state index contributed by atoms with van der Waals surface area (Å²) in [5, 5.41) is 3.01. The van der Waals surface area contributed by atoms with E-state index in [4.69, 9.17) is 4.74 Å². The third kappa shape index (κ3) is 3.65. The summed E-state index contributed by atoms with van der Waals surface area (Å²) in [6.45, 7) is 2.87. The summed E-state index contributed by atoms with van der Waals surface area (Å²) in [6, 6.07) is 18.4. The molecular formula is C20H19FN4O. The first-order valence-electron chi connectivity index (χ1n) is 8.58. The molecule has 132 valence electrons. The first-order valence-corrected chi connectivity index (χ1v) is 8.58. The SMILES string of the molecule is Fc1ccccc1Nc1nc(-c2ccccc2)cc(N2CCOCC2)n1. The molecule has 26 heavy (non-hydrogen) atoms. The Kier molecular flexibility index (Phi) is 4.75. The summed E-state index contributed by atoms with van der Waals surface area (Å²) in [6.07, 6.45) is 0. The Bertz CT molecular complexity index is 882. The highest BCUT2D eigenvalue weighted by molar-refractivity contribution is 5.66. The van der Waals surface area contributed by atoms with Crippen molar-refractivity contribution in [3.05, 3.63) is 66.5 Å². The van der Waals surface area contributed by atoms with Crippen LogP contribution in [0.2, 0.25) is 0 Å². The van der Waals surface area contributed by atoms with Gasteiger partial charge in [-0.05, 0) is 12.1 Å². The quantitative estimate of drug-likeness (QED) is 0.774. The van der Waals surface area contributed by atoms with Crippen LogP contribution in [0.5, 0.6) is 0 Å². The van der Waals surface area contributed by atoms with E-state index in [1.165, 1.54) is 6.07 Å². The van der Waals surface area contributed by atoms with Gasteiger partial charge < -0.3 is 15.0 Å². The Hall–Kier alpha value is -2.99. The highest BCUT2D eigenvalue weighted by Crippen LogP contribution is 2.26. The third-order valence-corrected chi connectivity index (χ3v) is 4.24. The fourth-order valence-electron chi connectivity index (χ4n) is 2.88. The Morgan fingerprint density at radius 1 is 0.923 bits per heavy atom. The molecule has 0 bridgehead atoms. The van der Waals surface area contributed by atoms with Gasteiger partial charge in [0, 0.05) is 24.7 Å². The topological polar surface area (TPSA) is 50.3 Å². The minimum atomic E-state index is -0.339. The average Bonchev–Trinajstić information content (AvgIpc) is 2.71. The highest BCUT2D eigenvalue weighted by atomic mass is 19.1. The monoisotopic (exact) mass is 350 g/mol. The van der Waals surface area contributed by atoms with Gasteiger partial charge in [0.1, 0.15) is 11.6 Å². The number of hydrogen-bond acceptors (Lipinski definition) is 5. The van der Waals surface area contributed by atoms with Gasteiger partial charge >= 0.3 is 0 Å². The lowest BCUT2D eigenvalue weighted by Crippen LogP contribution is -2.36. The maximum atomic E-state index is 14.0. The number of para-hydroxylation sites is 1. The number of ether oxygens (including phenoxy) is 1. The molecule has 1 aliphatic rings. The maximum Gasteiger partial charge on any atom is 0.229 e. The van der Waals surface area contributed by atoms with E-state index in [-0.39, 0.29) is 5.82 Å². The normalized spacial score (nSPS) is 14.3. The molecule has 0 aliphatic carbocycles. The van der Waals surface area contributed by atoms with Gasteiger partial charge in [-0.25, -0.2) is 9.37 Å². The zero-order valence-corrected chi connectivity index (χ0v) is 14.2. The largest absolute Gasteiger partial charge is 0.378 e. The summed E-state index contributed by atoms with van der Waals surface area (Å²) < 4.78 is 19.4. The lowest BCUT2D eigenvalue weighted by molar-refractivity contribution is 0.122. The molecule has 0 saturated carbocycles. The van der Waals surface area contributed by atoms with E-state index >= 15 is 0 Å². The van der Waals surface area contributed by atoms with Gasteiger partial charge in [0.2, 0.25) is 5.95 Å². The molecule has 0 atom stereocenters. The van der Waals surface area contributed by atoms with Crippen molar-refractivity contribution >= 4 is 17.5 Å². The second-order valence-corrected chi connectivity index (χ2v) is 6.01. The van der Waals surface area contributed by atoms with Crippen molar-refractivity contribution in [1.29, 1.82) is 0 Å². The minimum Gasteiger partial charge on any atom is -0.378 e. The summed E-state index contributed by atoms with van der Waals surface area (Å²) in [5.41, 5.74) is 2.13. The second kappa shape index (κ2) is 7.49. The van der Waals surface area contributed by atoms with Crippen molar-refractivity contribution < 1.29 is 9.13 Å². The van der Waals surface area contributed by atoms with E-state index in [0.717, 1.165) is 30.2 Å². The van der Waals surface area contributed by atoms with Crippen LogP contribution in [-0.4, -0.2) is 36.3 Å². The third-order valence-electron chi connectivity index (χ3n) is 4.24. The number of morpholine rings is 1. The van der Waals surface area contributed by atoms with Crippen molar-refractivity contribution in [2.75, 3.05) is 36.5 Å². The van der Waals surface area contributed by atoms with Crippen LogP contribution < -0.4 is 10.2 Å². The van der Waals surface area contributed by atoms with Gasteiger partial charge in [0.25, 0.3) is 0 Å². The molecule has 1 saturated heterocycles. The highest BCUT2D eigenvalue weighted by Gasteiger charge is 2.16. The lowest BCUT2D eigenvalue weighted by atomic mass is 10.1. The molecule has 1 N–H and O–H groups in total. The lowest BCUT2D eigenvalue weighted by Gasteiger charge is -2.28. The second-order valence-electron chi connectivity index (χ2n) is 6.01. The van der Waals surface area contributed by atoms with E-state index in [1.807, 2.05) is 36.4 Å². The van der Waals surface area contributed by atoms with Crippen molar-refractivity contribution in [3.8, 4) is 11.3 Å². The number of halogens is 1. The van der Waals surface area contributed by atoms with Crippen LogP contribution in [0.3, 0.4) is 0 Å². The Morgan fingerprint density at radius 3 is 2.42 bits per heavy atom. The first-order chi connectivity index (χ1) is 12.8. The van der Waals surface area contributed by atoms with Crippen molar-refractivity contribution in [1.82, 2.24) is 9.97 Å². The van der Waals surface area contributed by atoms with Crippen LogP contribution in [0.4, 0.5) is 21.8 Å². The summed E-state index contributed by atoms with van der Waals surface area (Å²) in [4.78, 5) is 11.3. The molecule has 1 aliphatic heterocycles. The minimum absolute atomic E-state index is 0.339. The Morgan fingerprint density at radius 2 is 1.65 bits per heavy atom. The van der Waals surface area contributed by atoms with Crippen molar-refractivity contribution in [3.63, 3.8) is 0 Å². The van der Waals surface area contributed by atoms with Crippen molar-refractivity contribution in [2.45, 2.75) is 0 Å². The van der Waals surface area contributed by atoms with Gasteiger partial charge in [-0.1, -0.05) is 42.5 Å². The molecule has 2 heterocycles. The number of nitrogens with one attached hydrogen (secondary N) is 1. The van der Waals surface area contributed by atoms with E-state index in [1.54, 1.807) is 18.2 Å². The Labute approximate surface area is 151 Å². The van der Waals surface area contributed by atoms with E-state index in [0.29, 0.717) is 24.8 Å². The summed E-state index contributed by atoms with van der Waals surface area (Å²) in [5.74, 6) is 0.841. The molecule has 0 amide bonds.